The highest BCUT2D eigenvalue weighted by Crippen LogP contribution is 2.39. The van der Waals surface area contributed by atoms with E-state index in [9.17, 15) is 0 Å². The van der Waals surface area contributed by atoms with Crippen LogP contribution in [0, 0.1) is 0 Å². The van der Waals surface area contributed by atoms with E-state index < -0.39 is 0 Å². The van der Waals surface area contributed by atoms with Gasteiger partial charge in [0.2, 0.25) is 5.95 Å². The van der Waals surface area contributed by atoms with Crippen molar-refractivity contribution < 1.29 is 0 Å². The van der Waals surface area contributed by atoms with Gasteiger partial charge in [-0.3, -0.25) is 0 Å². The van der Waals surface area contributed by atoms with Crippen LogP contribution in [0.2, 0.25) is 0 Å². The number of hydrogen-bond donors (Lipinski definition) is 2. The van der Waals surface area contributed by atoms with Crippen molar-refractivity contribution >= 4 is 11.8 Å². The van der Waals surface area contributed by atoms with Gasteiger partial charge in [-0.05, 0) is 33.9 Å². The van der Waals surface area contributed by atoms with Crippen LogP contribution in [-0.4, -0.2) is 48.6 Å². The van der Waals surface area contributed by atoms with Crippen LogP contribution in [0.5, 0.6) is 0 Å². The second-order valence-corrected chi connectivity index (χ2v) is 5.04. The molecule has 1 saturated carbocycles. The lowest BCUT2D eigenvalue weighted by atomic mass is 10.3. The average Bonchev–Trinajstić information content (AvgIpc) is 3.12. The normalized spacial score (nSPS) is 14.9. The van der Waals surface area contributed by atoms with Gasteiger partial charge in [0.25, 0.3) is 0 Å². The summed E-state index contributed by atoms with van der Waals surface area (Å²) in [5.41, 5.74) is 1.17. The van der Waals surface area contributed by atoms with E-state index in [1.54, 1.807) is 0 Å². The molecule has 1 heterocycles. The van der Waals surface area contributed by atoms with Gasteiger partial charge in [-0.15, -0.1) is 0 Å². The summed E-state index contributed by atoms with van der Waals surface area (Å²) in [6, 6.07) is 2.08. The summed E-state index contributed by atoms with van der Waals surface area (Å²) in [5.74, 6) is 2.33. The van der Waals surface area contributed by atoms with Gasteiger partial charge in [-0.25, -0.2) is 4.98 Å². The molecule has 0 aromatic carbocycles. The highest BCUT2D eigenvalue weighted by atomic mass is 15.2. The molecule has 2 rings (SSSR count). The van der Waals surface area contributed by atoms with E-state index in [4.69, 9.17) is 0 Å². The zero-order valence-electron chi connectivity index (χ0n) is 11.5. The predicted molar refractivity (Wildman–Crippen MR) is 75.2 cm³/mol. The minimum Gasteiger partial charge on any atom is -0.370 e. The van der Waals surface area contributed by atoms with Gasteiger partial charge in [-0.1, -0.05) is 0 Å². The molecule has 0 spiro atoms. The van der Waals surface area contributed by atoms with E-state index in [0.29, 0.717) is 5.92 Å². The van der Waals surface area contributed by atoms with Crippen LogP contribution in [0.3, 0.4) is 0 Å². The molecule has 5 heteroatoms. The van der Waals surface area contributed by atoms with Crippen molar-refractivity contribution in [2.75, 3.05) is 44.4 Å². The van der Waals surface area contributed by atoms with Crippen molar-refractivity contribution in [2.24, 2.45) is 0 Å². The number of rotatable bonds is 7. The fraction of sp³-hybridized carbons (Fsp3) is 0.692. The number of nitrogens with zero attached hydrogens (tertiary/aromatic N) is 3. The number of likely N-dealkylation sites (N-methyl/N-ethyl adjacent to an activating group) is 1. The summed E-state index contributed by atoms with van der Waals surface area (Å²) in [4.78, 5) is 11.2. The monoisotopic (exact) mass is 249 g/mol. The Balaban J connectivity index is 2.02. The van der Waals surface area contributed by atoms with Crippen molar-refractivity contribution in [3.05, 3.63) is 11.8 Å². The zero-order chi connectivity index (χ0) is 13.0. The van der Waals surface area contributed by atoms with Gasteiger partial charge in [0, 0.05) is 31.6 Å². The Labute approximate surface area is 109 Å². The average molecular weight is 249 g/mol. The van der Waals surface area contributed by atoms with E-state index in [-0.39, 0.29) is 0 Å². The molecule has 1 aliphatic rings. The molecule has 1 aliphatic carbocycles. The van der Waals surface area contributed by atoms with E-state index in [1.807, 2.05) is 0 Å². The van der Waals surface area contributed by atoms with Gasteiger partial charge in [-0.2, -0.15) is 4.98 Å². The molecular weight excluding hydrogens is 226 g/mol. The Morgan fingerprint density at radius 2 is 2.06 bits per heavy atom. The first-order valence-electron chi connectivity index (χ1n) is 6.70. The molecular formula is C13H23N5. The van der Waals surface area contributed by atoms with Crippen molar-refractivity contribution in [1.82, 2.24) is 14.9 Å². The van der Waals surface area contributed by atoms with E-state index in [0.717, 1.165) is 31.4 Å². The molecule has 0 aliphatic heterocycles. The SMILES string of the molecule is CCNc1cc(C2CC2)nc(NCCN(C)C)n1. The molecule has 2 N–H and O–H groups in total. The zero-order valence-corrected chi connectivity index (χ0v) is 11.5. The summed E-state index contributed by atoms with van der Waals surface area (Å²) in [6.07, 6.45) is 2.53. The number of aromatic nitrogens is 2. The maximum atomic E-state index is 4.59. The largest absolute Gasteiger partial charge is 0.370 e. The van der Waals surface area contributed by atoms with E-state index >= 15 is 0 Å². The van der Waals surface area contributed by atoms with Crippen molar-refractivity contribution in [3.8, 4) is 0 Å². The fourth-order valence-corrected chi connectivity index (χ4v) is 1.80. The highest BCUT2D eigenvalue weighted by Gasteiger charge is 2.26. The first-order chi connectivity index (χ1) is 8.69. The molecule has 1 fully saturated rings. The van der Waals surface area contributed by atoms with Gasteiger partial charge >= 0.3 is 0 Å². The smallest absolute Gasteiger partial charge is 0.224 e. The lowest BCUT2D eigenvalue weighted by molar-refractivity contribution is 0.425. The summed E-state index contributed by atoms with van der Waals surface area (Å²) in [7, 11) is 4.13. The minimum atomic E-state index is 0.653. The molecule has 0 radical (unpaired) electrons. The van der Waals surface area contributed by atoms with Gasteiger partial charge in [0.05, 0.1) is 5.69 Å². The van der Waals surface area contributed by atoms with Gasteiger partial charge in [0.15, 0.2) is 0 Å². The quantitative estimate of drug-likeness (QED) is 0.771. The summed E-state index contributed by atoms with van der Waals surface area (Å²) in [5, 5.41) is 6.56. The third-order valence-electron chi connectivity index (χ3n) is 2.94. The maximum absolute atomic E-state index is 4.59. The molecule has 18 heavy (non-hydrogen) atoms. The van der Waals surface area contributed by atoms with Crippen LogP contribution in [-0.2, 0) is 0 Å². The van der Waals surface area contributed by atoms with E-state index in [2.05, 4.69) is 52.6 Å². The number of hydrogen-bond acceptors (Lipinski definition) is 5. The Morgan fingerprint density at radius 1 is 1.28 bits per heavy atom. The van der Waals surface area contributed by atoms with Gasteiger partial charge in [0.1, 0.15) is 5.82 Å². The molecule has 100 valence electrons. The molecule has 5 nitrogen and oxygen atoms in total. The van der Waals surface area contributed by atoms with Crippen LogP contribution in [0.4, 0.5) is 11.8 Å². The third-order valence-corrected chi connectivity index (χ3v) is 2.94. The number of nitrogens with one attached hydrogen (secondary N) is 2. The topological polar surface area (TPSA) is 53.1 Å². The van der Waals surface area contributed by atoms with Crippen LogP contribution < -0.4 is 10.6 Å². The Kier molecular flexibility index (Phi) is 4.36. The Bertz CT molecular complexity index is 387. The summed E-state index contributed by atoms with van der Waals surface area (Å²) >= 11 is 0. The Hall–Kier alpha value is -1.36. The van der Waals surface area contributed by atoms with Crippen LogP contribution in [0.1, 0.15) is 31.4 Å². The van der Waals surface area contributed by atoms with Crippen molar-refractivity contribution in [2.45, 2.75) is 25.7 Å². The number of anilines is 2. The summed E-state index contributed by atoms with van der Waals surface area (Å²) in [6.45, 7) is 4.82. The third kappa shape index (κ3) is 3.84. The lowest BCUT2D eigenvalue weighted by Gasteiger charge is -2.12. The molecule has 0 saturated heterocycles. The van der Waals surface area contributed by atoms with Crippen molar-refractivity contribution in [3.63, 3.8) is 0 Å². The second-order valence-electron chi connectivity index (χ2n) is 5.04. The molecule has 0 unspecified atom stereocenters. The first-order valence-corrected chi connectivity index (χ1v) is 6.70. The molecule has 0 bridgehead atoms. The molecule has 0 amide bonds. The van der Waals surface area contributed by atoms with Crippen LogP contribution >= 0.6 is 0 Å². The van der Waals surface area contributed by atoms with Crippen molar-refractivity contribution in [1.29, 1.82) is 0 Å². The second kappa shape index (κ2) is 6.00. The minimum absolute atomic E-state index is 0.653. The molecule has 1 aromatic heterocycles. The standard InChI is InChI=1S/C13H23N5/c1-4-14-12-9-11(10-5-6-10)16-13(17-12)15-7-8-18(2)3/h9-10H,4-8H2,1-3H3,(H2,14,15,16,17). The lowest BCUT2D eigenvalue weighted by Crippen LogP contribution is -2.21. The fourth-order valence-electron chi connectivity index (χ4n) is 1.80. The Morgan fingerprint density at radius 3 is 2.67 bits per heavy atom. The van der Waals surface area contributed by atoms with Gasteiger partial charge < -0.3 is 15.5 Å². The summed E-state index contributed by atoms with van der Waals surface area (Å²) < 4.78 is 0. The maximum Gasteiger partial charge on any atom is 0.224 e. The van der Waals surface area contributed by atoms with Crippen LogP contribution in [0.25, 0.3) is 0 Å². The predicted octanol–water partition coefficient (Wildman–Crippen LogP) is 1.76. The highest BCUT2D eigenvalue weighted by molar-refractivity contribution is 5.43. The molecule has 1 aromatic rings. The first kappa shape index (κ1) is 13.1. The molecule has 0 atom stereocenters. The van der Waals surface area contributed by atoms with Crippen LogP contribution in [0.15, 0.2) is 6.07 Å². The van der Waals surface area contributed by atoms with E-state index in [1.165, 1.54) is 18.5 Å².